The van der Waals surface area contributed by atoms with Gasteiger partial charge in [-0.15, -0.1) is 6.42 Å². The van der Waals surface area contributed by atoms with Crippen molar-refractivity contribution in [2.75, 3.05) is 26.2 Å². The number of carboxylic acids is 1. The third kappa shape index (κ3) is 3.26. The van der Waals surface area contributed by atoms with E-state index >= 15 is 0 Å². The van der Waals surface area contributed by atoms with Crippen molar-refractivity contribution in [3.63, 3.8) is 0 Å². The van der Waals surface area contributed by atoms with Gasteiger partial charge in [-0.05, 0) is 6.42 Å². The van der Waals surface area contributed by atoms with Gasteiger partial charge in [0.05, 0.1) is 19.0 Å². The van der Waals surface area contributed by atoms with Crippen LogP contribution < -0.4 is 5.32 Å². The first-order valence-electron chi connectivity index (χ1n) is 4.80. The molecular formula is C10H14N2O3. The molecule has 0 aromatic rings. The molecule has 1 heterocycles. The number of hydrogen-bond donors (Lipinski definition) is 2. The van der Waals surface area contributed by atoms with E-state index in [0.29, 0.717) is 26.1 Å². The molecule has 1 fully saturated rings. The van der Waals surface area contributed by atoms with Gasteiger partial charge in [0.15, 0.2) is 0 Å². The molecule has 15 heavy (non-hydrogen) atoms. The second kappa shape index (κ2) is 5.37. The third-order valence-electron chi connectivity index (χ3n) is 2.39. The lowest BCUT2D eigenvalue weighted by molar-refractivity contribution is -0.141. The van der Waals surface area contributed by atoms with Crippen molar-refractivity contribution < 1.29 is 14.7 Å². The quantitative estimate of drug-likeness (QED) is 0.468. The highest BCUT2D eigenvalue weighted by molar-refractivity contribution is 5.80. The summed E-state index contributed by atoms with van der Waals surface area (Å²) >= 11 is 0. The zero-order valence-corrected chi connectivity index (χ0v) is 8.40. The minimum absolute atomic E-state index is 0.0889. The molecular weight excluding hydrogens is 196 g/mol. The van der Waals surface area contributed by atoms with E-state index in [1.807, 2.05) is 0 Å². The summed E-state index contributed by atoms with van der Waals surface area (Å²) in [6, 6.07) is 0. The fourth-order valence-corrected chi connectivity index (χ4v) is 1.54. The standard InChI is InChI=1S/C10H14N2O3/c1-2-4-11-6-9(13)12-5-3-8(7-12)10(14)15/h1,8,11H,3-7H2,(H,14,15). The smallest absolute Gasteiger partial charge is 0.308 e. The van der Waals surface area contributed by atoms with E-state index in [1.165, 1.54) is 0 Å². The Morgan fingerprint density at radius 2 is 2.33 bits per heavy atom. The van der Waals surface area contributed by atoms with E-state index in [4.69, 9.17) is 11.5 Å². The molecule has 0 aliphatic carbocycles. The van der Waals surface area contributed by atoms with Crippen LogP contribution in [0, 0.1) is 18.3 Å². The number of hydrogen-bond acceptors (Lipinski definition) is 3. The van der Waals surface area contributed by atoms with Gasteiger partial charge in [0.25, 0.3) is 0 Å². The van der Waals surface area contributed by atoms with Crippen LogP contribution in [0.15, 0.2) is 0 Å². The summed E-state index contributed by atoms with van der Waals surface area (Å²) in [5.74, 6) is 1.03. The zero-order chi connectivity index (χ0) is 11.3. The lowest BCUT2D eigenvalue weighted by Crippen LogP contribution is -2.37. The van der Waals surface area contributed by atoms with Crippen molar-refractivity contribution in [3.05, 3.63) is 0 Å². The lowest BCUT2D eigenvalue weighted by atomic mass is 10.1. The largest absolute Gasteiger partial charge is 0.481 e. The van der Waals surface area contributed by atoms with E-state index in [0.717, 1.165) is 0 Å². The molecule has 5 heteroatoms. The number of rotatable bonds is 4. The van der Waals surface area contributed by atoms with Gasteiger partial charge in [-0.2, -0.15) is 0 Å². The second-order valence-corrected chi connectivity index (χ2v) is 3.47. The molecule has 0 aromatic carbocycles. The Morgan fingerprint density at radius 3 is 2.87 bits per heavy atom. The molecule has 82 valence electrons. The third-order valence-corrected chi connectivity index (χ3v) is 2.39. The molecule has 1 aliphatic rings. The summed E-state index contributed by atoms with van der Waals surface area (Å²) in [7, 11) is 0. The van der Waals surface area contributed by atoms with Crippen molar-refractivity contribution in [1.82, 2.24) is 10.2 Å². The number of carbonyl (C=O) groups is 2. The van der Waals surface area contributed by atoms with E-state index in [1.54, 1.807) is 4.90 Å². The van der Waals surface area contributed by atoms with Crippen LogP contribution in [0.4, 0.5) is 0 Å². The number of carboxylic acid groups (broad SMARTS) is 1. The normalized spacial score (nSPS) is 19.9. The fourth-order valence-electron chi connectivity index (χ4n) is 1.54. The van der Waals surface area contributed by atoms with Crippen LogP contribution in [0.3, 0.4) is 0 Å². The monoisotopic (exact) mass is 210 g/mol. The van der Waals surface area contributed by atoms with Gasteiger partial charge >= 0.3 is 5.97 Å². The Hall–Kier alpha value is -1.54. The molecule has 0 saturated carbocycles. The van der Waals surface area contributed by atoms with Crippen LogP contribution in [-0.4, -0.2) is 48.1 Å². The maximum Gasteiger partial charge on any atom is 0.308 e. The Morgan fingerprint density at radius 1 is 1.60 bits per heavy atom. The van der Waals surface area contributed by atoms with E-state index in [-0.39, 0.29) is 12.5 Å². The molecule has 1 atom stereocenters. The number of nitrogens with one attached hydrogen (secondary N) is 1. The number of carbonyl (C=O) groups excluding carboxylic acids is 1. The van der Waals surface area contributed by atoms with Crippen molar-refractivity contribution in [2.45, 2.75) is 6.42 Å². The SMILES string of the molecule is C#CCNCC(=O)N1CCC(C(=O)O)C1. The number of likely N-dealkylation sites (tertiary alicyclic amines) is 1. The van der Waals surface area contributed by atoms with Crippen LogP contribution in [0.5, 0.6) is 0 Å². The number of terminal acetylenes is 1. The molecule has 0 radical (unpaired) electrons. The molecule has 0 spiro atoms. The maximum absolute atomic E-state index is 11.5. The van der Waals surface area contributed by atoms with Gasteiger partial charge in [0.1, 0.15) is 0 Å². The maximum atomic E-state index is 11.5. The Kier molecular flexibility index (Phi) is 4.13. The highest BCUT2D eigenvalue weighted by Crippen LogP contribution is 2.15. The zero-order valence-electron chi connectivity index (χ0n) is 8.40. The van der Waals surface area contributed by atoms with E-state index < -0.39 is 11.9 Å². The van der Waals surface area contributed by atoms with Gasteiger partial charge < -0.3 is 10.0 Å². The topological polar surface area (TPSA) is 69.6 Å². The highest BCUT2D eigenvalue weighted by Gasteiger charge is 2.30. The lowest BCUT2D eigenvalue weighted by Gasteiger charge is -2.15. The molecule has 1 aliphatic heterocycles. The van der Waals surface area contributed by atoms with Crippen LogP contribution in [0.2, 0.25) is 0 Å². The van der Waals surface area contributed by atoms with Gasteiger partial charge in [0.2, 0.25) is 5.91 Å². The Bertz CT molecular complexity index is 296. The predicted octanol–water partition coefficient (Wildman–Crippen LogP) is -0.858. The number of nitrogens with zero attached hydrogens (tertiary/aromatic N) is 1. The molecule has 1 amide bonds. The van der Waals surface area contributed by atoms with E-state index in [9.17, 15) is 9.59 Å². The minimum Gasteiger partial charge on any atom is -0.481 e. The molecule has 2 N–H and O–H groups in total. The van der Waals surface area contributed by atoms with E-state index in [2.05, 4.69) is 11.2 Å². The highest BCUT2D eigenvalue weighted by atomic mass is 16.4. The molecule has 1 saturated heterocycles. The molecule has 0 aromatic heterocycles. The summed E-state index contributed by atoms with van der Waals surface area (Å²) in [6.45, 7) is 1.36. The van der Waals surface area contributed by atoms with Crippen LogP contribution in [0.25, 0.3) is 0 Å². The number of amides is 1. The average Bonchev–Trinajstić information content (AvgIpc) is 2.66. The van der Waals surface area contributed by atoms with Gasteiger partial charge in [0, 0.05) is 13.1 Å². The molecule has 0 bridgehead atoms. The van der Waals surface area contributed by atoms with Crippen molar-refractivity contribution >= 4 is 11.9 Å². The number of aliphatic carboxylic acids is 1. The Labute approximate surface area is 88.4 Å². The second-order valence-electron chi connectivity index (χ2n) is 3.47. The minimum atomic E-state index is -0.832. The fraction of sp³-hybridized carbons (Fsp3) is 0.600. The first kappa shape index (κ1) is 11.5. The summed E-state index contributed by atoms with van der Waals surface area (Å²) in [4.78, 5) is 23.7. The molecule has 1 rings (SSSR count). The first-order chi connectivity index (χ1) is 7.15. The van der Waals surface area contributed by atoms with Gasteiger partial charge in [-0.3, -0.25) is 14.9 Å². The molecule has 5 nitrogen and oxygen atoms in total. The summed E-state index contributed by atoms with van der Waals surface area (Å²) in [6.07, 6.45) is 5.55. The van der Waals surface area contributed by atoms with Crippen LogP contribution >= 0.6 is 0 Å². The van der Waals surface area contributed by atoms with Crippen molar-refractivity contribution in [3.8, 4) is 12.3 Å². The predicted molar refractivity (Wildman–Crippen MR) is 54.0 cm³/mol. The van der Waals surface area contributed by atoms with Gasteiger partial charge in [-0.1, -0.05) is 5.92 Å². The van der Waals surface area contributed by atoms with Gasteiger partial charge in [-0.25, -0.2) is 0 Å². The van der Waals surface area contributed by atoms with Crippen molar-refractivity contribution in [1.29, 1.82) is 0 Å². The van der Waals surface area contributed by atoms with Crippen LogP contribution in [0.1, 0.15) is 6.42 Å². The van der Waals surface area contributed by atoms with Crippen molar-refractivity contribution in [2.24, 2.45) is 5.92 Å². The molecule has 1 unspecified atom stereocenters. The van der Waals surface area contributed by atoms with Crippen LogP contribution in [-0.2, 0) is 9.59 Å². The average molecular weight is 210 g/mol. The summed E-state index contributed by atoms with van der Waals surface area (Å²) in [5.41, 5.74) is 0. The summed E-state index contributed by atoms with van der Waals surface area (Å²) < 4.78 is 0. The first-order valence-corrected chi connectivity index (χ1v) is 4.80. The summed E-state index contributed by atoms with van der Waals surface area (Å²) in [5, 5.41) is 11.5. The Balaban J connectivity index is 2.31.